The second-order valence-corrected chi connectivity index (χ2v) is 16.9. The summed E-state index contributed by atoms with van der Waals surface area (Å²) < 4.78 is 89.4. The SMILES string of the molecule is CC(=O)Nc1nn(CC(=O)N[C@@H](Cc2cc(F)cc(F)c2)c2nc(C#CC(C)(C)O)ccc2-c2ccc(Cl)c3c(NS(C)(=O)=O)nn(C)c23)c2c1[C@H]1C[C@H]1C2(F)F. The molecule has 3 aromatic heterocycles. The zero-order valence-corrected chi connectivity index (χ0v) is 32.6. The van der Waals surface area contributed by atoms with Crippen LogP contribution < -0.4 is 15.4 Å². The molecule has 0 saturated heterocycles. The summed E-state index contributed by atoms with van der Waals surface area (Å²) in [7, 11) is -2.25. The molecule has 2 amide bonds. The maximum atomic E-state index is 15.6. The van der Waals surface area contributed by atoms with Gasteiger partial charge in [0.1, 0.15) is 35.2 Å². The van der Waals surface area contributed by atoms with Crippen LogP contribution in [0.25, 0.3) is 22.0 Å². The van der Waals surface area contributed by atoms with Crippen molar-refractivity contribution in [1.82, 2.24) is 29.9 Å². The van der Waals surface area contributed by atoms with E-state index in [2.05, 4.69) is 37.4 Å². The standard InChI is InChI=1S/C38H35ClF4N8O5S/c1-18(52)44-35-30-25-16-26(25)38(42,43)34(30)51(48-35)17-29(53)46-28(14-19-12-20(40)15-21(41)13-19)32-23(7-6-22(45-32)10-11-37(2,3)54)24-8-9-27(39)31-33(24)50(4)47-36(31)49-57(5,55)56/h6-9,12-13,15,25-26,28,54H,14,16-17H2,1-5H3,(H,46,53)(H,47,49)(H,44,48,52)/t25-,26+,28-/m0/s1. The van der Waals surface area contributed by atoms with Crippen LogP contribution in [0.3, 0.4) is 0 Å². The summed E-state index contributed by atoms with van der Waals surface area (Å²) >= 11 is 6.60. The molecule has 0 spiro atoms. The Hall–Kier alpha value is -5.51. The van der Waals surface area contributed by atoms with E-state index in [0.29, 0.717) is 22.7 Å². The van der Waals surface area contributed by atoms with Crippen LogP contribution in [0.1, 0.15) is 67.4 Å². The first-order chi connectivity index (χ1) is 26.6. The average Bonchev–Trinajstić information content (AvgIpc) is 3.64. The molecule has 0 aliphatic heterocycles. The number of amides is 2. The van der Waals surface area contributed by atoms with Crippen molar-refractivity contribution in [1.29, 1.82) is 0 Å². The minimum Gasteiger partial charge on any atom is -0.378 e. The molecule has 0 radical (unpaired) electrons. The number of sulfonamides is 1. The minimum absolute atomic E-state index is 0.0588. The van der Waals surface area contributed by atoms with Gasteiger partial charge >= 0.3 is 0 Å². The van der Waals surface area contributed by atoms with Crippen LogP contribution in [-0.2, 0) is 45.5 Å². The Labute approximate surface area is 328 Å². The van der Waals surface area contributed by atoms with Gasteiger partial charge in [0.2, 0.25) is 21.8 Å². The van der Waals surface area contributed by atoms with Crippen molar-refractivity contribution < 1.29 is 40.7 Å². The van der Waals surface area contributed by atoms with Gasteiger partial charge in [-0.1, -0.05) is 23.6 Å². The molecule has 298 valence electrons. The number of aliphatic hydroxyl groups is 1. The van der Waals surface area contributed by atoms with Gasteiger partial charge in [0, 0.05) is 42.6 Å². The Morgan fingerprint density at radius 2 is 1.77 bits per heavy atom. The highest BCUT2D eigenvalue weighted by Crippen LogP contribution is 2.68. The van der Waals surface area contributed by atoms with Crippen LogP contribution in [0.4, 0.5) is 29.2 Å². The molecule has 4 N–H and O–H groups in total. The largest absolute Gasteiger partial charge is 0.378 e. The second-order valence-electron chi connectivity index (χ2n) is 14.7. The van der Waals surface area contributed by atoms with Crippen molar-refractivity contribution in [3.8, 4) is 23.0 Å². The number of alkyl halides is 2. The van der Waals surface area contributed by atoms with Crippen molar-refractivity contribution in [3.05, 3.63) is 87.3 Å². The average molecular weight is 827 g/mol. The number of carbonyl (C=O) groups excluding carboxylic acids is 2. The van der Waals surface area contributed by atoms with Gasteiger partial charge in [0.25, 0.3) is 5.92 Å². The first-order valence-corrected chi connectivity index (χ1v) is 19.8. The molecule has 0 unspecified atom stereocenters. The number of rotatable bonds is 10. The lowest BCUT2D eigenvalue weighted by Gasteiger charge is -2.23. The van der Waals surface area contributed by atoms with E-state index in [9.17, 15) is 31.9 Å². The molecule has 13 nitrogen and oxygen atoms in total. The van der Waals surface area contributed by atoms with Gasteiger partial charge in [0.15, 0.2) is 11.6 Å². The van der Waals surface area contributed by atoms with Crippen LogP contribution in [0.2, 0.25) is 5.02 Å². The third kappa shape index (κ3) is 8.04. The molecule has 0 bridgehead atoms. The molecule has 3 heterocycles. The van der Waals surface area contributed by atoms with E-state index in [4.69, 9.17) is 16.6 Å². The Bertz CT molecular complexity index is 2660. The number of carbonyl (C=O) groups is 2. The predicted octanol–water partition coefficient (Wildman–Crippen LogP) is 5.52. The lowest BCUT2D eigenvalue weighted by Crippen LogP contribution is -2.35. The molecule has 7 rings (SSSR count). The molecule has 2 aromatic carbocycles. The van der Waals surface area contributed by atoms with Gasteiger partial charge in [-0.2, -0.15) is 19.0 Å². The number of anilines is 2. The number of pyridine rings is 1. The molecule has 1 saturated carbocycles. The number of fused-ring (bicyclic) bond motifs is 4. The Kier molecular flexibility index (Phi) is 9.86. The summed E-state index contributed by atoms with van der Waals surface area (Å²) in [6.07, 6.45) is 0.879. The van der Waals surface area contributed by atoms with E-state index in [1.54, 1.807) is 19.2 Å². The Morgan fingerprint density at radius 3 is 2.42 bits per heavy atom. The fraction of sp³-hybridized carbons (Fsp3) is 0.342. The summed E-state index contributed by atoms with van der Waals surface area (Å²) in [5.41, 5.74) is -0.373. The van der Waals surface area contributed by atoms with Crippen LogP contribution in [0, 0.1) is 29.4 Å². The normalized spacial score (nSPS) is 17.3. The maximum Gasteiger partial charge on any atom is 0.293 e. The molecular formula is C38H35ClF4N8O5S. The number of aryl methyl sites for hydroxylation is 1. The minimum atomic E-state index is -3.81. The summed E-state index contributed by atoms with van der Waals surface area (Å²) in [5, 5.41) is 24.6. The first-order valence-electron chi connectivity index (χ1n) is 17.5. The van der Waals surface area contributed by atoms with Crippen molar-refractivity contribution in [2.24, 2.45) is 13.0 Å². The van der Waals surface area contributed by atoms with Crippen molar-refractivity contribution in [2.75, 3.05) is 16.3 Å². The first kappa shape index (κ1) is 39.7. The summed E-state index contributed by atoms with van der Waals surface area (Å²) in [4.78, 5) is 30.8. The fourth-order valence-corrected chi connectivity index (χ4v) is 8.03. The smallest absolute Gasteiger partial charge is 0.293 e. The van der Waals surface area contributed by atoms with Gasteiger partial charge in [-0.15, -0.1) is 0 Å². The predicted molar refractivity (Wildman–Crippen MR) is 203 cm³/mol. The fourth-order valence-electron chi connectivity index (χ4n) is 7.30. The molecule has 57 heavy (non-hydrogen) atoms. The number of aromatic nitrogens is 5. The van der Waals surface area contributed by atoms with Crippen LogP contribution in [-0.4, -0.2) is 61.7 Å². The van der Waals surface area contributed by atoms with E-state index in [1.165, 1.54) is 37.6 Å². The molecule has 1 fully saturated rings. The van der Waals surface area contributed by atoms with Crippen molar-refractivity contribution in [2.45, 2.75) is 63.6 Å². The number of hydrogen-bond donors (Lipinski definition) is 4. The molecule has 2 aliphatic rings. The van der Waals surface area contributed by atoms with Gasteiger partial charge < -0.3 is 15.7 Å². The van der Waals surface area contributed by atoms with E-state index in [1.807, 2.05) is 0 Å². The lowest BCUT2D eigenvalue weighted by atomic mass is 9.93. The quantitative estimate of drug-likeness (QED) is 0.105. The zero-order chi connectivity index (χ0) is 41.4. The van der Waals surface area contributed by atoms with Gasteiger partial charge in [-0.05, 0) is 74.4 Å². The highest BCUT2D eigenvalue weighted by molar-refractivity contribution is 7.92. The number of hydrogen-bond acceptors (Lipinski definition) is 8. The third-order valence-electron chi connectivity index (χ3n) is 9.48. The van der Waals surface area contributed by atoms with E-state index in [0.717, 1.165) is 23.1 Å². The van der Waals surface area contributed by atoms with E-state index in [-0.39, 0.29) is 57.4 Å². The second kappa shape index (κ2) is 14.1. The molecule has 5 aromatic rings. The Balaban J connectivity index is 1.38. The van der Waals surface area contributed by atoms with Crippen LogP contribution >= 0.6 is 11.6 Å². The lowest BCUT2D eigenvalue weighted by molar-refractivity contribution is -0.123. The summed E-state index contributed by atoms with van der Waals surface area (Å²) in [6, 6.07) is 7.84. The third-order valence-corrected chi connectivity index (χ3v) is 10.4. The number of nitrogens with one attached hydrogen (secondary N) is 3. The molecular weight excluding hydrogens is 792 g/mol. The number of nitrogens with zero attached hydrogens (tertiary/aromatic N) is 5. The summed E-state index contributed by atoms with van der Waals surface area (Å²) in [5.74, 6) is -2.65. The maximum absolute atomic E-state index is 15.6. The Morgan fingerprint density at radius 1 is 1.09 bits per heavy atom. The van der Waals surface area contributed by atoms with Gasteiger partial charge in [0.05, 0.1) is 33.9 Å². The highest BCUT2D eigenvalue weighted by Gasteiger charge is 2.67. The monoisotopic (exact) mass is 826 g/mol. The van der Waals surface area contributed by atoms with Crippen molar-refractivity contribution >= 4 is 56.0 Å². The van der Waals surface area contributed by atoms with E-state index < -0.39 is 75.1 Å². The molecule has 2 aliphatic carbocycles. The topological polar surface area (TPSA) is 173 Å². The summed E-state index contributed by atoms with van der Waals surface area (Å²) in [6.45, 7) is 3.40. The van der Waals surface area contributed by atoms with Crippen LogP contribution in [0.5, 0.6) is 0 Å². The highest BCUT2D eigenvalue weighted by atomic mass is 35.5. The van der Waals surface area contributed by atoms with Gasteiger partial charge in [-0.3, -0.25) is 23.7 Å². The number of halogens is 5. The number of benzene rings is 2. The van der Waals surface area contributed by atoms with Gasteiger partial charge in [-0.25, -0.2) is 22.2 Å². The molecule has 19 heteroatoms. The van der Waals surface area contributed by atoms with E-state index >= 15 is 8.78 Å². The van der Waals surface area contributed by atoms with Crippen molar-refractivity contribution in [3.63, 3.8) is 0 Å². The zero-order valence-electron chi connectivity index (χ0n) is 31.0. The molecule has 3 atom stereocenters. The van der Waals surface area contributed by atoms with Crippen LogP contribution in [0.15, 0.2) is 42.5 Å².